The Kier molecular flexibility index (Phi) is 3.15. The van der Waals surface area contributed by atoms with Crippen molar-refractivity contribution in [1.82, 2.24) is 14.9 Å². The molecule has 1 N–H and O–H groups in total. The first-order valence-corrected chi connectivity index (χ1v) is 6.68. The van der Waals surface area contributed by atoms with Gasteiger partial charge in [0.1, 0.15) is 0 Å². The second-order valence-electron chi connectivity index (χ2n) is 5.08. The molecule has 3 rings (SSSR count). The van der Waals surface area contributed by atoms with Crippen molar-refractivity contribution in [2.24, 2.45) is 0 Å². The quantitative estimate of drug-likeness (QED) is 0.875. The minimum Gasteiger partial charge on any atom is -0.306 e. The van der Waals surface area contributed by atoms with Crippen molar-refractivity contribution < 1.29 is 0 Å². The van der Waals surface area contributed by atoms with Crippen molar-refractivity contribution in [2.75, 3.05) is 0 Å². The van der Waals surface area contributed by atoms with Crippen LogP contribution in [0, 0.1) is 0 Å². The van der Waals surface area contributed by atoms with E-state index in [9.17, 15) is 0 Å². The number of aromatic nitrogens is 2. The lowest BCUT2D eigenvalue weighted by Gasteiger charge is -2.29. The maximum Gasteiger partial charge on any atom is 0.0994 e. The van der Waals surface area contributed by atoms with Gasteiger partial charge in [-0.15, -0.1) is 0 Å². The molecule has 1 aliphatic heterocycles. The molecule has 0 saturated carbocycles. The van der Waals surface area contributed by atoms with E-state index in [0.29, 0.717) is 12.1 Å². The third-order valence-corrected chi connectivity index (χ3v) is 3.67. The standard InChI is InChI=1S/C15H19N3/c1-12-6-5-9-14(17-12)15-10-16-11-18(15)13-7-3-2-4-8-13/h2-4,7-8,10-12,14,17H,5-6,9H2,1H3. The predicted octanol–water partition coefficient (Wildman–Crippen LogP) is 3.08. The molecule has 0 radical (unpaired) electrons. The van der Waals surface area contributed by atoms with Crippen molar-refractivity contribution in [3.8, 4) is 5.69 Å². The zero-order valence-corrected chi connectivity index (χ0v) is 10.7. The Morgan fingerprint density at radius 2 is 2.06 bits per heavy atom. The molecule has 0 bridgehead atoms. The van der Waals surface area contributed by atoms with Crippen LogP contribution < -0.4 is 5.32 Å². The van der Waals surface area contributed by atoms with Gasteiger partial charge in [-0.05, 0) is 38.3 Å². The molecule has 0 spiro atoms. The van der Waals surface area contributed by atoms with Gasteiger partial charge in [-0.3, -0.25) is 0 Å². The lowest BCUT2D eigenvalue weighted by Crippen LogP contribution is -2.35. The molecule has 1 aromatic heterocycles. The van der Waals surface area contributed by atoms with Crippen LogP contribution in [0.4, 0.5) is 0 Å². The SMILES string of the molecule is CC1CCCC(c2cncn2-c2ccccc2)N1. The van der Waals surface area contributed by atoms with E-state index < -0.39 is 0 Å². The second-order valence-corrected chi connectivity index (χ2v) is 5.08. The van der Waals surface area contributed by atoms with Crippen LogP contribution in [0.5, 0.6) is 0 Å². The van der Waals surface area contributed by atoms with Crippen LogP contribution in [0.3, 0.4) is 0 Å². The van der Waals surface area contributed by atoms with Gasteiger partial charge < -0.3 is 9.88 Å². The molecule has 3 nitrogen and oxygen atoms in total. The van der Waals surface area contributed by atoms with Gasteiger partial charge in [0.05, 0.1) is 18.2 Å². The van der Waals surface area contributed by atoms with Crippen molar-refractivity contribution in [1.29, 1.82) is 0 Å². The highest BCUT2D eigenvalue weighted by Crippen LogP contribution is 2.26. The van der Waals surface area contributed by atoms with Gasteiger partial charge in [-0.2, -0.15) is 0 Å². The van der Waals surface area contributed by atoms with E-state index in [1.807, 2.05) is 18.6 Å². The topological polar surface area (TPSA) is 29.9 Å². The Hall–Kier alpha value is -1.61. The number of para-hydroxylation sites is 1. The summed E-state index contributed by atoms with van der Waals surface area (Å²) in [4.78, 5) is 4.32. The number of hydrogen-bond acceptors (Lipinski definition) is 2. The minimum absolute atomic E-state index is 0.427. The summed E-state index contributed by atoms with van der Waals surface area (Å²) in [6, 6.07) is 11.4. The van der Waals surface area contributed by atoms with Crippen molar-refractivity contribution >= 4 is 0 Å². The zero-order valence-electron chi connectivity index (χ0n) is 10.7. The zero-order chi connectivity index (χ0) is 12.4. The van der Waals surface area contributed by atoms with E-state index in [0.717, 1.165) is 0 Å². The summed E-state index contributed by atoms with van der Waals surface area (Å²) in [5.74, 6) is 0. The number of nitrogens with one attached hydrogen (secondary N) is 1. The van der Waals surface area contributed by atoms with Gasteiger partial charge >= 0.3 is 0 Å². The molecule has 94 valence electrons. The average Bonchev–Trinajstić information content (AvgIpc) is 2.89. The van der Waals surface area contributed by atoms with Gasteiger partial charge in [0.25, 0.3) is 0 Å². The molecule has 2 heterocycles. The Balaban J connectivity index is 1.92. The molecule has 0 amide bonds. The fraction of sp³-hybridized carbons (Fsp3) is 0.400. The summed E-state index contributed by atoms with van der Waals surface area (Å²) in [6.07, 6.45) is 7.66. The van der Waals surface area contributed by atoms with Crippen molar-refractivity contribution in [2.45, 2.75) is 38.3 Å². The molecule has 18 heavy (non-hydrogen) atoms. The highest BCUT2D eigenvalue weighted by atomic mass is 15.1. The van der Waals surface area contributed by atoms with E-state index in [1.165, 1.54) is 30.6 Å². The lowest BCUT2D eigenvalue weighted by molar-refractivity contribution is 0.334. The Morgan fingerprint density at radius 1 is 1.22 bits per heavy atom. The molecule has 2 unspecified atom stereocenters. The third kappa shape index (κ3) is 2.18. The maximum atomic E-state index is 4.32. The van der Waals surface area contributed by atoms with Crippen molar-refractivity contribution in [3.63, 3.8) is 0 Å². The number of piperidine rings is 1. The van der Waals surface area contributed by atoms with Crippen LogP contribution >= 0.6 is 0 Å². The minimum atomic E-state index is 0.427. The molecule has 2 atom stereocenters. The summed E-state index contributed by atoms with van der Waals surface area (Å²) in [5.41, 5.74) is 2.46. The first kappa shape index (κ1) is 11.5. The molecular weight excluding hydrogens is 222 g/mol. The monoisotopic (exact) mass is 241 g/mol. The molecule has 0 aliphatic carbocycles. The van der Waals surface area contributed by atoms with Gasteiger partial charge in [0.2, 0.25) is 0 Å². The third-order valence-electron chi connectivity index (χ3n) is 3.67. The highest BCUT2D eigenvalue weighted by molar-refractivity contribution is 5.34. The van der Waals surface area contributed by atoms with E-state index in [2.05, 4.69) is 46.1 Å². The molecule has 1 aromatic carbocycles. The molecule has 1 fully saturated rings. The van der Waals surface area contributed by atoms with E-state index in [-0.39, 0.29) is 0 Å². The summed E-state index contributed by atoms with van der Waals surface area (Å²) < 4.78 is 2.19. The van der Waals surface area contributed by atoms with E-state index >= 15 is 0 Å². The highest BCUT2D eigenvalue weighted by Gasteiger charge is 2.22. The first-order chi connectivity index (χ1) is 8.84. The number of nitrogens with zero attached hydrogens (tertiary/aromatic N) is 2. The number of hydrogen-bond donors (Lipinski definition) is 1. The van der Waals surface area contributed by atoms with Gasteiger partial charge in [-0.25, -0.2) is 4.98 Å². The van der Waals surface area contributed by atoms with Gasteiger partial charge in [-0.1, -0.05) is 18.2 Å². The molecule has 1 aliphatic rings. The Morgan fingerprint density at radius 3 is 2.83 bits per heavy atom. The summed E-state index contributed by atoms with van der Waals surface area (Å²) in [6.45, 7) is 2.26. The van der Waals surface area contributed by atoms with Crippen LogP contribution in [0.25, 0.3) is 5.69 Å². The largest absolute Gasteiger partial charge is 0.306 e. The molecule has 1 saturated heterocycles. The van der Waals surface area contributed by atoms with Crippen LogP contribution in [-0.4, -0.2) is 15.6 Å². The average molecular weight is 241 g/mol. The fourth-order valence-corrected chi connectivity index (χ4v) is 2.74. The van der Waals surface area contributed by atoms with Crippen LogP contribution in [0.1, 0.15) is 37.9 Å². The van der Waals surface area contributed by atoms with Crippen molar-refractivity contribution in [3.05, 3.63) is 48.5 Å². The maximum absolute atomic E-state index is 4.32. The Labute approximate surface area is 108 Å². The smallest absolute Gasteiger partial charge is 0.0994 e. The number of rotatable bonds is 2. The number of benzene rings is 1. The summed E-state index contributed by atoms with van der Waals surface area (Å²) >= 11 is 0. The summed E-state index contributed by atoms with van der Waals surface area (Å²) in [5, 5.41) is 3.67. The predicted molar refractivity (Wildman–Crippen MR) is 72.8 cm³/mol. The molecule has 3 heteroatoms. The van der Waals surface area contributed by atoms with Crippen LogP contribution in [0.15, 0.2) is 42.9 Å². The van der Waals surface area contributed by atoms with Crippen LogP contribution in [0.2, 0.25) is 0 Å². The Bertz CT molecular complexity index is 503. The fourth-order valence-electron chi connectivity index (χ4n) is 2.74. The van der Waals surface area contributed by atoms with Crippen LogP contribution in [-0.2, 0) is 0 Å². The van der Waals surface area contributed by atoms with E-state index in [4.69, 9.17) is 0 Å². The second kappa shape index (κ2) is 4.94. The number of imidazole rings is 1. The van der Waals surface area contributed by atoms with Gasteiger partial charge in [0.15, 0.2) is 0 Å². The molecular formula is C15H19N3. The normalized spacial score (nSPS) is 24.1. The van der Waals surface area contributed by atoms with Gasteiger partial charge in [0, 0.05) is 17.8 Å². The van der Waals surface area contributed by atoms with E-state index in [1.54, 1.807) is 0 Å². The summed E-state index contributed by atoms with van der Waals surface area (Å²) in [7, 11) is 0. The first-order valence-electron chi connectivity index (χ1n) is 6.68. The molecule has 2 aromatic rings. The lowest BCUT2D eigenvalue weighted by atomic mass is 9.97.